The molecule has 36 heavy (non-hydrogen) atoms. The van der Waals surface area contributed by atoms with Gasteiger partial charge in [-0.25, -0.2) is 0 Å². The summed E-state index contributed by atoms with van der Waals surface area (Å²) >= 11 is 0. The Kier molecular flexibility index (Phi) is 6.66. The highest BCUT2D eigenvalue weighted by atomic mass is 19.4. The number of benzene rings is 2. The van der Waals surface area contributed by atoms with Crippen LogP contribution in [0.1, 0.15) is 48.5 Å². The fourth-order valence-electron chi connectivity index (χ4n) is 5.38. The molecule has 1 amide bonds. The van der Waals surface area contributed by atoms with Gasteiger partial charge in [0.25, 0.3) is 5.91 Å². The van der Waals surface area contributed by atoms with Crippen molar-refractivity contribution < 1.29 is 22.7 Å². The summed E-state index contributed by atoms with van der Waals surface area (Å²) < 4.78 is 45.3. The van der Waals surface area contributed by atoms with Gasteiger partial charge < -0.3 is 15.0 Å². The number of anilines is 2. The van der Waals surface area contributed by atoms with E-state index in [1.807, 2.05) is 31.2 Å². The second kappa shape index (κ2) is 9.61. The zero-order valence-electron chi connectivity index (χ0n) is 20.9. The van der Waals surface area contributed by atoms with Gasteiger partial charge in [-0.15, -0.1) is 0 Å². The maximum Gasteiger partial charge on any atom is 0.403 e. The predicted octanol–water partition coefficient (Wildman–Crippen LogP) is 5.89. The molecular formula is C28H34F3N3O2. The van der Waals surface area contributed by atoms with Crippen LogP contribution >= 0.6 is 0 Å². The van der Waals surface area contributed by atoms with E-state index in [2.05, 4.69) is 16.3 Å². The third-order valence-electron chi connectivity index (χ3n) is 8.05. The molecule has 5 rings (SSSR count). The molecule has 0 radical (unpaired) electrons. The van der Waals surface area contributed by atoms with Crippen LogP contribution in [0.15, 0.2) is 42.5 Å². The molecule has 1 aliphatic carbocycles. The van der Waals surface area contributed by atoms with Crippen molar-refractivity contribution in [1.82, 2.24) is 4.90 Å². The summed E-state index contributed by atoms with van der Waals surface area (Å²) in [4.78, 5) is 16.6. The number of aryl methyl sites for hydroxylation is 1. The molecule has 3 fully saturated rings. The number of alkyl halides is 3. The van der Waals surface area contributed by atoms with Crippen LogP contribution in [0.2, 0.25) is 0 Å². The number of rotatable bonds is 7. The highest BCUT2D eigenvalue weighted by Gasteiger charge is 2.49. The molecule has 2 heterocycles. The fraction of sp³-hybridized carbons (Fsp3) is 0.536. The fourth-order valence-corrected chi connectivity index (χ4v) is 5.38. The summed E-state index contributed by atoms with van der Waals surface area (Å²) in [5.74, 6) is 1.28. The van der Waals surface area contributed by atoms with Crippen molar-refractivity contribution in [3.05, 3.63) is 53.6 Å². The number of hydrogen-bond acceptors (Lipinski definition) is 4. The first kappa shape index (κ1) is 24.9. The first-order valence-corrected chi connectivity index (χ1v) is 12.8. The van der Waals surface area contributed by atoms with E-state index in [0.717, 1.165) is 55.2 Å². The molecule has 0 bridgehead atoms. The van der Waals surface area contributed by atoms with E-state index in [0.29, 0.717) is 24.6 Å². The average Bonchev–Trinajstić information content (AvgIpc) is 3.45. The van der Waals surface area contributed by atoms with Gasteiger partial charge in [-0.2, -0.15) is 13.2 Å². The Balaban J connectivity index is 1.18. The minimum absolute atomic E-state index is 0.0885. The summed E-state index contributed by atoms with van der Waals surface area (Å²) in [5, 5.41) is 2.99. The molecule has 2 aromatic carbocycles. The number of ether oxygens (including phenoxy) is 1. The summed E-state index contributed by atoms with van der Waals surface area (Å²) in [6.45, 7) is 6.53. The lowest BCUT2D eigenvalue weighted by Crippen LogP contribution is -2.43. The highest BCUT2D eigenvalue weighted by molar-refractivity contribution is 6.04. The van der Waals surface area contributed by atoms with Gasteiger partial charge in [0.05, 0.1) is 6.61 Å². The molecule has 2 atom stereocenters. The summed E-state index contributed by atoms with van der Waals surface area (Å²) in [6, 6.07) is 11.8. The van der Waals surface area contributed by atoms with E-state index in [-0.39, 0.29) is 11.3 Å². The van der Waals surface area contributed by atoms with Gasteiger partial charge in [-0.1, -0.05) is 0 Å². The van der Waals surface area contributed by atoms with Gasteiger partial charge in [0.1, 0.15) is 11.8 Å². The van der Waals surface area contributed by atoms with Crippen molar-refractivity contribution in [3.8, 4) is 5.75 Å². The summed E-state index contributed by atoms with van der Waals surface area (Å²) in [5.41, 5.74) is 3.22. The molecule has 5 nitrogen and oxygen atoms in total. The number of likely N-dealkylation sites (tertiary alicyclic amines) is 1. The van der Waals surface area contributed by atoms with Gasteiger partial charge in [0.2, 0.25) is 0 Å². The number of hydrogen-bond donors (Lipinski definition) is 1. The normalized spacial score (nSPS) is 23.3. The van der Waals surface area contributed by atoms with Crippen molar-refractivity contribution in [1.29, 1.82) is 0 Å². The number of amides is 1. The molecule has 2 aromatic rings. The van der Waals surface area contributed by atoms with Crippen LogP contribution < -0.4 is 15.0 Å². The lowest BCUT2D eigenvalue weighted by atomic mass is 9.86. The molecule has 1 spiro atoms. The van der Waals surface area contributed by atoms with Crippen molar-refractivity contribution in [2.24, 2.45) is 11.3 Å². The maximum absolute atomic E-state index is 13.2. The SMILES string of the molecule is Cc1cc(N2CCC3(CCN(C(C)C(F)(F)F)C3)C2)ccc1NC(=O)c1ccc(OCC2CC2)cc1. The van der Waals surface area contributed by atoms with Crippen molar-refractivity contribution in [2.45, 2.75) is 51.7 Å². The van der Waals surface area contributed by atoms with E-state index in [1.54, 1.807) is 17.0 Å². The third kappa shape index (κ3) is 5.48. The molecule has 194 valence electrons. The van der Waals surface area contributed by atoms with E-state index in [9.17, 15) is 18.0 Å². The molecule has 0 aromatic heterocycles. The molecule has 1 N–H and O–H groups in total. The predicted molar refractivity (Wildman–Crippen MR) is 135 cm³/mol. The lowest BCUT2D eigenvalue weighted by Gasteiger charge is -2.29. The molecule has 2 unspecified atom stereocenters. The third-order valence-corrected chi connectivity index (χ3v) is 8.05. The van der Waals surface area contributed by atoms with Crippen molar-refractivity contribution in [3.63, 3.8) is 0 Å². The van der Waals surface area contributed by atoms with Gasteiger partial charge in [-0.3, -0.25) is 9.69 Å². The largest absolute Gasteiger partial charge is 0.493 e. The monoisotopic (exact) mass is 501 g/mol. The van der Waals surface area contributed by atoms with Crippen LogP contribution in [-0.4, -0.2) is 55.8 Å². The topological polar surface area (TPSA) is 44.8 Å². The number of halogens is 3. The van der Waals surface area contributed by atoms with Crippen LogP contribution in [0.3, 0.4) is 0 Å². The van der Waals surface area contributed by atoms with E-state index in [4.69, 9.17) is 4.74 Å². The van der Waals surface area contributed by atoms with Crippen LogP contribution in [0, 0.1) is 18.3 Å². The van der Waals surface area contributed by atoms with Crippen molar-refractivity contribution in [2.75, 3.05) is 43.0 Å². The van der Waals surface area contributed by atoms with Gasteiger partial charge in [0, 0.05) is 42.0 Å². The molecule has 2 aliphatic heterocycles. The van der Waals surface area contributed by atoms with E-state index < -0.39 is 12.2 Å². The quantitative estimate of drug-likeness (QED) is 0.514. The number of nitrogens with one attached hydrogen (secondary N) is 1. The van der Waals surface area contributed by atoms with Crippen LogP contribution in [0.25, 0.3) is 0 Å². The minimum atomic E-state index is -4.19. The van der Waals surface area contributed by atoms with E-state index >= 15 is 0 Å². The highest BCUT2D eigenvalue weighted by Crippen LogP contribution is 2.43. The Hall–Kier alpha value is -2.74. The zero-order valence-corrected chi connectivity index (χ0v) is 20.9. The standard InChI is InChI=1S/C28H34F3N3O2/c1-19-15-23(34-14-12-27(18-34)11-13-33(17-27)20(2)28(29,30)31)7-10-25(19)32-26(35)22-5-8-24(9-6-22)36-16-21-3-4-21/h5-10,15,20-21H,3-4,11-14,16-18H2,1-2H3,(H,32,35). The lowest BCUT2D eigenvalue weighted by molar-refractivity contribution is -0.176. The number of carbonyl (C=O) groups excluding carboxylic acids is 1. The van der Waals surface area contributed by atoms with Gasteiger partial charge in [0.15, 0.2) is 0 Å². The van der Waals surface area contributed by atoms with Gasteiger partial charge in [-0.05, 0) is 100 Å². The summed E-state index contributed by atoms with van der Waals surface area (Å²) in [6.07, 6.45) is -0.0330. The van der Waals surface area contributed by atoms with E-state index in [1.165, 1.54) is 19.8 Å². The molecular weight excluding hydrogens is 467 g/mol. The second-order valence-electron chi connectivity index (χ2n) is 10.8. The van der Waals surface area contributed by atoms with Crippen molar-refractivity contribution >= 4 is 17.3 Å². The average molecular weight is 502 g/mol. The Labute approximate surface area is 210 Å². The maximum atomic E-state index is 13.2. The smallest absolute Gasteiger partial charge is 0.403 e. The Bertz CT molecular complexity index is 1100. The number of nitrogens with zero attached hydrogens (tertiary/aromatic N) is 2. The Morgan fingerprint density at radius 1 is 1.11 bits per heavy atom. The number of carbonyl (C=O) groups is 1. The van der Waals surface area contributed by atoms with Gasteiger partial charge >= 0.3 is 6.18 Å². The molecule has 2 saturated heterocycles. The molecule has 1 saturated carbocycles. The molecule has 3 aliphatic rings. The minimum Gasteiger partial charge on any atom is -0.493 e. The van der Waals surface area contributed by atoms with Crippen LogP contribution in [0.5, 0.6) is 5.75 Å². The first-order chi connectivity index (χ1) is 17.1. The summed E-state index contributed by atoms with van der Waals surface area (Å²) in [7, 11) is 0. The van der Waals surface area contributed by atoms with Crippen LogP contribution in [-0.2, 0) is 0 Å². The second-order valence-corrected chi connectivity index (χ2v) is 10.8. The Morgan fingerprint density at radius 2 is 1.83 bits per heavy atom. The molecule has 8 heteroatoms. The zero-order chi connectivity index (χ0) is 25.5. The van der Waals surface area contributed by atoms with Crippen LogP contribution in [0.4, 0.5) is 24.5 Å². The first-order valence-electron chi connectivity index (χ1n) is 12.8. The Morgan fingerprint density at radius 3 is 2.50 bits per heavy atom.